The van der Waals surface area contributed by atoms with Crippen LogP contribution in [-0.4, -0.2) is 58.4 Å². The van der Waals surface area contributed by atoms with E-state index in [2.05, 4.69) is 23.7 Å². The van der Waals surface area contributed by atoms with Crippen molar-refractivity contribution in [3.8, 4) is 0 Å². The number of hydrogen-bond donors (Lipinski definition) is 1. The molecule has 1 aliphatic rings. The van der Waals surface area contributed by atoms with E-state index in [1.807, 2.05) is 4.90 Å². The van der Waals surface area contributed by atoms with E-state index in [9.17, 15) is 4.79 Å². The van der Waals surface area contributed by atoms with E-state index >= 15 is 0 Å². The molecule has 0 atom stereocenters. The van der Waals surface area contributed by atoms with E-state index in [0.717, 1.165) is 32.7 Å². The molecule has 0 aromatic carbocycles. The number of piperazine rings is 1. The standard InChI is InChI=1S/C15H22N4OS/c1-11(2)10-18-5-7-19(8-6-18)15(20)13-4-3-12(9-17-13)14(16)21/h3-4,9,11H,5-8,10H2,1-2H3,(H2,16,21). The fourth-order valence-electron chi connectivity index (χ4n) is 2.48. The number of carbonyl (C=O) groups excluding carboxylic acids is 1. The molecule has 2 N–H and O–H groups in total. The quantitative estimate of drug-likeness (QED) is 0.845. The molecule has 1 saturated heterocycles. The maximum absolute atomic E-state index is 12.4. The first-order valence-electron chi connectivity index (χ1n) is 7.25. The van der Waals surface area contributed by atoms with Crippen LogP contribution in [0.2, 0.25) is 0 Å². The van der Waals surface area contributed by atoms with E-state index < -0.39 is 0 Å². The van der Waals surface area contributed by atoms with Crippen molar-refractivity contribution in [3.05, 3.63) is 29.6 Å². The zero-order chi connectivity index (χ0) is 15.4. The predicted octanol–water partition coefficient (Wildman–Crippen LogP) is 1.13. The van der Waals surface area contributed by atoms with Crippen LogP contribution in [-0.2, 0) is 0 Å². The normalized spacial score (nSPS) is 16.2. The summed E-state index contributed by atoms with van der Waals surface area (Å²) in [5, 5.41) is 0. The molecule has 0 radical (unpaired) electrons. The number of amides is 1. The van der Waals surface area contributed by atoms with Crippen molar-refractivity contribution in [1.29, 1.82) is 0 Å². The van der Waals surface area contributed by atoms with Gasteiger partial charge in [-0.2, -0.15) is 0 Å². The summed E-state index contributed by atoms with van der Waals surface area (Å²) in [6.07, 6.45) is 1.56. The van der Waals surface area contributed by atoms with E-state index in [-0.39, 0.29) is 5.91 Å². The van der Waals surface area contributed by atoms with Crippen molar-refractivity contribution in [2.45, 2.75) is 13.8 Å². The first kappa shape index (κ1) is 15.9. The minimum atomic E-state index is -0.0197. The Morgan fingerprint density at radius 2 is 2.00 bits per heavy atom. The first-order valence-corrected chi connectivity index (χ1v) is 7.65. The molecule has 0 aliphatic carbocycles. The first-order chi connectivity index (χ1) is 9.97. The average molecular weight is 306 g/mol. The highest BCUT2D eigenvalue weighted by Gasteiger charge is 2.23. The predicted molar refractivity (Wildman–Crippen MR) is 87.3 cm³/mol. The summed E-state index contributed by atoms with van der Waals surface area (Å²) in [7, 11) is 0. The van der Waals surface area contributed by atoms with Gasteiger partial charge in [-0.15, -0.1) is 0 Å². The fourth-order valence-corrected chi connectivity index (χ4v) is 2.60. The van der Waals surface area contributed by atoms with Gasteiger partial charge in [-0.3, -0.25) is 14.7 Å². The monoisotopic (exact) mass is 306 g/mol. The highest BCUT2D eigenvalue weighted by molar-refractivity contribution is 7.80. The molecule has 114 valence electrons. The number of carbonyl (C=O) groups is 1. The molecule has 5 nitrogen and oxygen atoms in total. The summed E-state index contributed by atoms with van der Waals surface area (Å²) in [6.45, 7) is 8.87. The van der Waals surface area contributed by atoms with Crippen LogP contribution in [0.15, 0.2) is 18.3 Å². The number of nitrogens with zero attached hydrogens (tertiary/aromatic N) is 3. The number of hydrogen-bond acceptors (Lipinski definition) is 4. The van der Waals surface area contributed by atoms with Crippen molar-refractivity contribution in [2.75, 3.05) is 32.7 Å². The third-order valence-electron chi connectivity index (χ3n) is 3.55. The topological polar surface area (TPSA) is 62.5 Å². The summed E-state index contributed by atoms with van der Waals surface area (Å²) >= 11 is 4.88. The molecule has 1 aromatic rings. The van der Waals surface area contributed by atoms with Gasteiger partial charge in [-0.25, -0.2) is 0 Å². The van der Waals surface area contributed by atoms with Crippen molar-refractivity contribution < 1.29 is 4.79 Å². The Kier molecular flexibility index (Phi) is 5.25. The lowest BCUT2D eigenvalue weighted by molar-refractivity contribution is 0.0618. The van der Waals surface area contributed by atoms with Gasteiger partial charge in [0.05, 0.1) is 0 Å². The van der Waals surface area contributed by atoms with Crippen LogP contribution >= 0.6 is 12.2 Å². The Morgan fingerprint density at radius 1 is 1.33 bits per heavy atom. The Labute approximate surface area is 131 Å². The third-order valence-corrected chi connectivity index (χ3v) is 3.79. The molecule has 1 fully saturated rings. The summed E-state index contributed by atoms with van der Waals surface area (Å²) in [5.74, 6) is 0.634. The fraction of sp³-hybridized carbons (Fsp3) is 0.533. The van der Waals surface area contributed by atoms with Crippen molar-refractivity contribution in [2.24, 2.45) is 11.7 Å². The SMILES string of the molecule is CC(C)CN1CCN(C(=O)c2ccc(C(N)=S)cn2)CC1. The molecule has 6 heteroatoms. The van der Waals surface area contributed by atoms with Crippen LogP contribution < -0.4 is 5.73 Å². The molecular weight excluding hydrogens is 284 g/mol. The maximum Gasteiger partial charge on any atom is 0.272 e. The van der Waals surface area contributed by atoms with Gasteiger partial charge in [0.2, 0.25) is 0 Å². The molecule has 2 rings (SSSR count). The Hall–Kier alpha value is -1.53. The summed E-state index contributed by atoms with van der Waals surface area (Å²) in [4.78, 5) is 21.1. The second-order valence-corrected chi connectivity index (χ2v) is 6.22. The molecule has 1 amide bonds. The molecule has 0 bridgehead atoms. The second kappa shape index (κ2) is 6.95. The molecule has 21 heavy (non-hydrogen) atoms. The van der Waals surface area contributed by atoms with Crippen LogP contribution in [0, 0.1) is 5.92 Å². The lowest BCUT2D eigenvalue weighted by Crippen LogP contribution is -2.49. The van der Waals surface area contributed by atoms with Gasteiger partial charge in [0.25, 0.3) is 5.91 Å². The van der Waals surface area contributed by atoms with Gasteiger partial charge < -0.3 is 10.6 Å². The summed E-state index contributed by atoms with van der Waals surface area (Å²) in [6, 6.07) is 3.44. The van der Waals surface area contributed by atoms with Crippen molar-refractivity contribution >= 4 is 23.1 Å². The molecule has 0 spiro atoms. The van der Waals surface area contributed by atoms with Gasteiger partial charge in [-0.05, 0) is 18.1 Å². The minimum Gasteiger partial charge on any atom is -0.389 e. The van der Waals surface area contributed by atoms with E-state index in [1.165, 1.54) is 0 Å². The van der Waals surface area contributed by atoms with Gasteiger partial charge in [0.15, 0.2) is 0 Å². The number of aromatic nitrogens is 1. The molecule has 0 unspecified atom stereocenters. The number of thiocarbonyl (C=S) groups is 1. The summed E-state index contributed by atoms with van der Waals surface area (Å²) < 4.78 is 0. The van der Waals surface area contributed by atoms with Gasteiger partial charge in [-0.1, -0.05) is 26.1 Å². The maximum atomic E-state index is 12.4. The average Bonchev–Trinajstić information content (AvgIpc) is 2.47. The lowest BCUT2D eigenvalue weighted by Gasteiger charge is -2.35. The molecule has 0 saturated carbocycles. The number of rotatable bonds is 4. The zero-order valence-corrected chi connectivity index (χ0v) is 13.4. The smallest absolute Gasteiger partial charge is 0.272 e. The van der Waals surface area contributed by atoms with E-state index in [1.54, 1.807) is 18.3 Å². The van der Waals surface area contributed by atoms with Crippen LogP contribution in [0.5, 0.6) is 0 Å². The van der Waals surface area contributed by atoms with E-state index in [4.69, 9.17) is 18.0 Å². The second-order valence-electron chi connectivity index (χ2n) is 5.78. The zero-order valence-electron chi connectivity index (χ0n) is 12.6. The van der Waals surface area contributed by atoms with Crippen molar-refractivity contribution in [3.63, 3.8) is 0 Å². The van der Waals surface area contributed by atoms with Crippen LogP contribution in [0.3, 0.4) is 0 Å². The molecular formula is C15H22N4OS. The third kappa shape index (κ3) is 4.22. The van der Waals surface area contributed by atoms with Crippen LogP contribution in [0.4, 0.5) is 0 Å². The van der Waals surface area contributed by atoms with Crippen molar-refractivity contribution in [1.82, 2.24) is 14.8 Å². The highest BCUT2D eigenvalue weighted by Crippen LogP contribution is 2.09. The highest BCUT2D eigenvalue weighted by atomic mass is 32.1. The Balaban J connectivity index is 1.94. The molecule has 1 aromatic heterocycles. The van der Waals surface area contributed by atoms with Gasteiger partial charge >= 0.3 is 0 Å². The molecule has 2 heterocycles. The number of nitrogens with two attached hydrogens (primary N) is 1. The van der Waals surface area contributed by atoms with Crippen LogP contribution in [0.25, 0.3) is 0 Å². The van der Waals surface area contributed by atoms with Gasteiger partial charge in [0, 0.05) is 44.5 Å². The summed E-state index contributed by atoms with van der Waals surface area (Å²) in [5.41, 5.74) is 6.66. The van der Waals surface area contributed by atoms with Gasteiger partial charge in [0.1, 0.15) is 10.7 Å². The van der Waals surface area contributed by atoms with E-state index in [0.29, 0.717) is 22.2 Å². The lowest BCUT2D eigenvalue weighted by atomic mass is 10.2. The Morgan fingerprint density at radius 3 is 2.48 bits per heavy atom. The van der Waals surface area contributed by atoms with Crippen LogP contribution in [0.1, 0.15) is 29.9 Å². The minimum absolute atomic E-state index is 0.0197. The largest absolute Gasteiger partial charge is 0.389 e. The Bertz CT molecular complexity index is 507. The molecule has 1 aliphatic heterocycles. The number of pyridine rings is 1.